The molecule has 0 bridgehead atoms. The summed E-state index contributed by atoms with van der Waals surface area (Å²) < 4.78 is 8.64. The first-order valence-electron chi connectivity index (χ1n) is 7.91. The first kappa shape index (κ1) is 16.6. The Morgan fingerprint density at radius 1 is 1.08 bits per heavy atom. The number of hydrogen-bond donors (Lipinski definition) is 1. The van der Waals surface area contributed by atoms with E-state index in [2.05, 4.69) is 50.2 Å². The predicted molar refractivity (Wildman–Crippen MR) is 99.2 cm³/mol. The fraction of sp³-hybridized carbons (Fsp3) is 0.211. The van der Waals surface area contributed by atoms with Gasteiger partial charge in [-0.2, -0.15) is 0 Å². The second kappa shape index (κ2) is 8.02. The highest BCUT2D eigenvalue weighted by molar-refractivity contribution is 9.10. The third-order valence-electron chi connectivity index (χ3n) is 3.76. The molecule has 4 nitrogen and oxygen atoms in total. The molecule has 0 atom stereocenters. The second-order valence-corrected chi connectivity index (χ2v) is 6.43. The number of nitrogens with one attached hydrogen (secondary N) is 1. The molecule has 0 fully saturated rings. The number of benzene rings is 2. The van der Waals surface area contributed by atoms with E-state index in [1.165, 1.54) is 10.9 Å². The monoisotopic (exact) mass is 386 g/mol. The van der Waals surface area contributed by atoms with Crippen molar-refractivity contribution in [2.45, 2.75) is 13.0 Å². The minimum absolute atomic E-state index is 0.0358. The summed E-state index contributed by atoms with van der Waals surface area (Å²) >= 11 is 3.36. The normalized spacial score (nSPS) is 10.7. The van der Waals surface area contributed by atoms with Crippen molar-refractivity contribution in [2.75, 3.05) is 13.2 Å². The number of para-hydroxylation sites is 1. The molecule has 0 saturated heterocycles. The van der Waals surface area contributed by atoms with E-state index in [1.54, 1.807) is 0 Å². The Labute approximate surface area is 149 Å². The maximum Gasteiger partial charge on any atom is 0.257 e. The van der Waals surface area contributed by atoms with Gasteiger partial charge in [0.15, 0.2) is 6.61 Å². The van der Waals surface area contributed by atoms with Gasteiger partial charge in [-0.15, -0.1) is 0 Å². The fourth-order valence-corrected chi connectivity index (χ4v) is 2.81. The van der Waals surface area contributed by atoms with Gasteiger partial charge in [0.25, 0.3) is 5.91 Å². The predicted octanol–water partition coefficient (Wildman–Crippen LogP) is 3.99. The number of ether oxygens (including phenoxy) is 1. The molecule has 0 aliphatic heterocycles. The van der Waals surface area contributed by atoms with Crippen LogP contribution in [0.5, 0.6) is 5.75 Å². The molecule has 3 rings (SSSR count). The van der Waals surface area contributed by atoms with Gasteiger partial charge in [0, 0.05) is 29.3 Å². The zero-order chi connectivity index (χ0) is 16.8. The number of carbonyl (C=O) groups excluding carboxylic acids is 1. The topological polar surface area (TPSA) is 43.3 Å². The van der Waals surface area contributed by atoms with Gasteiger partial charge in [0.1, 0.15) is 5.75 Å². The summed E-state index contributed by atoms with van der Waals surface area (Å²) in [5.74, 6) is 0.586. The number of nitrogens with zero attached hydrogens (tertiary/aromatic N) is 1. The summed E-state index contributed by atoms with van der Waals surface area (Å²) in [5.41, 5.74) is 1.22. The Kier molecular flexibility index (Phi) is 5.54. The summed E-state index contributed by atoms with van der Waals surface area (Å²) in [6, 6.07) is 17.8. The molecule has 1 heterocycles. The van der Waals surface area contributed by atoms with Crippen LogP contribution in [0.3, 0.4) is 0 Å². The molecule has 0 aliphatic carbocycles. The molecule has 0 aliphatic rings. The molecular formula is C19H19BrN2O2. The van der Waals surface area contributed by atoms with Gasteiger partial charge >= 0.3 is 0 Å². The lowest BCUT2D eigenvalue weighted by Crippen LogP contribution is -2.30. The van der Waals surface area contributed by atoms with E-state index in [0.29, 0.717) is 12.3 Å². The van der Waals surface area contributed by atoms with Crippen LogP contribution in [-0.4, -0.2) is 23.6 Å². The van der Waals surface area contributed by atoms with Crippen LogP contribution in [0.15, 0.2) is 65.3 Å². The molecule has 24 heavy (non-hydrogen) atoms. The third-order valence-corrected chi connectivity index (χ3v) is 4.29. The lowest BCUT2D eigenvalue weighted by atomic mass is 10.2. The van der Waals surface area contributed by atoms with Crippen LogP contribution >= 0.6 is 15.9 Å². The summed E-state index contributed by atoms with van der Waals surface area (Å²) in [5, 5.41) is 4.13. The van der Waals surface area contributed by atoms with Gasteiger partial charge in [0.05, 0.1) is 0 Å². The second-order valence-electron chi connectivity index (χ2n) is 5.51. The van der Waals surface area contributed by atoms with Crippen molar-refractivity contribution in [3.05, 3.63) is 65.3 Å². The van der Waals surface area contributed by atoms with Gasteiger partial charge in [-0.25, -0.2) is 0 Å². The molecule has 0 saturated carbocycles. The van der Waals surface area contributed by atoms with E-state index >= 15 is 0 Å². The van der Waals surface area contributed by atoms with Crippen molar-refractivity contribution >= 4 is 32.7 Å². The highest BCUT2D eigenvalue weighted by Gasteiger charge is 2.03. The third kappa shape index (κ3) is 4.38. The molecule has 0 spiro atoms. The number of halogens is 1. The molecule has 0 radical (unpaired) electrons. The average Bonchev–Trinajstić information content (AvgIpc) is 3.01. The summed E-state index contributed by atoms with van der Waals surface area (Å²) in [6.07, 6.45) is 2.96. The van der Waals surface area contributed by atoms with Crippen molar-refractivity contribution in [3.63, 3.8) is 0 Å². The molecule has 124 valence electrons. The Bertz CT molecular complexity index is 812. The van der Waals surface area contributed by atoms with Crippen molar-refractivity contribution in [2.24, 2.45) is 0 Å². The van der Waals surface area contributed by atoms with Crippen LogP contribution in [0, 0.1) is 0 Å². The van der Waals surface area contributed by atoms with Crippen LogP contribution in [-0.2, 0) is 11.3 Å². The quantitative estimate of drug-likeness (QED) is 0.623. The Hall–Kier alpha value is -2.27. The number of amides is 1. The molecule has 1 N–H and O–H groups in total. The first-order chi connectivity index (χ1) is 11.7. The zero-order valence-electron chi connectivity index (χ0n) is 13.2. The van der Waals surface area contributed by atoms with Crippen LogP contribution < -0.4 is 10.1 Å². The van der Waals surface area contributed by atoms with E-state index in [-0.39, 0.29) is 12.5 Å². The summed E-state index contributed by atoms with van der Waals surface area (Å²) in [4.78, 5) is 11.8. The highest BCUT2D eigenvalue weighted by Crippen LogP contribution is 2.16. The number of fused-ring (bicyclic) bond motifs is 1. The van der Waals surface area contributed by atoms with Gasteiger partial charge in [-0.05, 0) is 48.2 Å². The first-order valence-corrected chi connectivity index (χ1v) is 8.70. The van der Waals surface area contributed by atoms with Crippen molar-refractivity contribution < 1.29 is 9.53 Å². The number of aryl methyl sites for hydroxylation is 1. The number of hydrogen-bond acceptors (Lipinski definition) is 2. The standard InChI is InChI=1S/C19H19BrN2O2/c20-16-6-8-17(9-7-16)24-14-19(23)21-11-3-12-22-13-10-15-4-1-2-5-18(15)22/h1-2,4-10,13H,3,11-12,14H2,(H,21,23). The van der Waals surface area contributed by atoms with Crippen LogP contribution in [0.1, 0.15) is 6.42 Å². The summed E-state index contributed by atoms with van der Waals surface area (Å²) in [6.45, 7) is 1.55. The lowest BCUT2D eigenvalue weighted by molar-refractivity contribution is -0.123. The molecule has 1 aromatic heterocycles. The Morgan fingerprint density at radius 2 is 1.88 bits per heavy atom. The summed E-state index contributed by atoms with van der Waals surface area (Å²) in [7, 11) is 0. The van der Waals surface area contributed by atoms with E-state index < -0.39 is 0 Å². The largest absolute Gasteiger partial charge is 0.484 e. The smallest absolute Gasteiger partial charge is 0.257 e. The minimum atomic E-state index is -0.102. The molecule has 3 aromatic rings. The van der Waals surface area contributed by atoms with Crippen LogP contribution in [0.4, 0.5) is 0 Å². The molecule has 5 heteroatoms. The van der Waals surface area contributed by atoms with Crippen molar-refractivity contribution in [1.29, 1.82) is 0 Å². The maximum absolute atomic E-state index is 11.8. The van der Waals surface area contributed by atoms with E-state index in [9.17, 15) is 4.79 Å². The van der Waals surface area contributed by atoms with Crippen LogP contribution in [0.25, 0.3) is 10.9 Å². The SMILES string of the molecule is O=C(COc1ccc(Br)cc1)NCCCn1ccc2ccccc21. The number of aromatic nitrogens is 1. The minimum Gasteiger partial charge on any atom is -0.484 e. The van der Waals surface area contributed by atoms with Crippen molar-refractivity contribution in [3.8, 4) is 5.75 Å². The molecule has 1 amide bonds. The van der Waals surface area contributed by atoms with Gasteiger partial charge in [0.2, 0.25) is 0 Å². The molecule has 0 unspecified atom stereocenters. The Balaban J connectivity index is 1.38. The van der Waals surface area contributed by atoms with Gasteiger partial charge < -0.3 is 14.6 Å². The van der Waals surface area contributed by atoms with E-state index in [0.717, 1.165) is 17.4 Å². The highest BCUT2D eigenvalue weighted by atomic mass is 79.9. The lowest BCUT2D eigenvalue weighted by Gasteiger charge is -2.09. The average molecular weight is 387 g/mol. The fourth-order valence-electron chi connectivity index (χ4n) is 2.54. The maximum atomic E-state index is 11.8. The van der Waals surface area contributed by atoms with Crippen molar-refractivity contribution in [1.82, 2.24) is 9.88 Å². The molecular weight excluding hydrogens is 368 g/mol. The zero-order valence-corrected chi connectivity index (χ0v) is 14.8. The van der Waals surface area contributed by atoms with E-state index in [4.69, 9.17) is 4.74 Å². The number of carbonyl (C=O) groups is 1. The Morgan fingerprint density at radius 3 is 2.71 bits per heavy atom. The van der Waals surface area contributed by atoms with Crippen LogP contribution in [0.2, 0.25) is 0 Å². The molecule has 2 aromatic carbocycles. The van der Waals surface area contributed by atoms with E-state index in [1.807, 2.05) is 36.4 Å². The van der Waals surface area contributed by atoms with Gasteiger partial charge in [-0.1, -0.05) is 34.1 Å². The number of rotatable bonds is 7. The van der Waals surface area contributed by atoms with Gasteiger partial charge in [-0.3, -0.25) is 4.79 Å².